The Hall–Kier alpha value is -1.79. The van der Waals surface area contributed by atoms with Crippen molar-refractivity contribution in [3.8, 4) is 0 Å². The number of rotatable bonds is 4. The standard InChI is InChI=1S/C13H20N2O5/c1-2-20-10(16)9-5-3-8-15(9)12(19)14-13(11(17)18)6-4-7-13/h9H,2-8H2,1H3,(H,14,19)(H,17,18). The third-order valence-corrected chi connectivity index (χ3v) is 4.04. The molecular formula is C13H20N2O5. The van der Waals surface area contributed by atoms with E-state index in [-0.39, 0.29) is 6.61 Å². The van der Waals surface area contributed by atoms with Crippen molar-refractivity contribution < 1.29 is 24.2 Å². The van der Waals surface area contributed by atoms with E-state index in [0.717, 1.165) is 12.8 Å². The second-order valence-electron chi connectivity index (χ2n) is 5.27. The number of esters is 1. The Morgan fingerprint density at radius 3 is 2.55 bits per heavy atom. The van der Waals surface area contributed by atoms with E-state index in [2.05, 4.69) is 5.32 Å². The minimum absolute atomic E-state index is 0.268. The molecule has 2 aliphatic rings. The van der Waals surface area contributed by atoms with Gasteiger partial charge in [-0.25, -0.2) is 14.4 Å². The molecule has 1 saturated carbocycles. The number of ether oxygens (including phenoxy) is 1. The molecule has 1 saturated heterocycles. The highest BCUT2D eigenvalue weighted by atomic mass is 16.5. The van der Waals surface area contributed by atoms with Gasteiger partial charge in [-0.2, -0.15) is 0 Å². The summed E-state index contributed by atoms with van der Waals surface area (Å²) in [7, 11) is 0. The topological polar surface area (TPSA) is 95.9 Å². The molecule has 2 fully saturated rings. The number of aliphatic carboxylic acids is 1. The molecular weight excluding hydrogens is 264 g/mol. The van der Waals surface area contributed by atoms with Gasteiger partial charge in [0.2, 0.25) is 0 Å². The molecule has 1 unspecified atom stereocenters. The maximum Gasteiger partial charge on any atom is 0.329 e. The lowest BCUT2D eigenvalue weighted by atomic mass is 9.77. The summed E-state index contributed by atoms with van der Waals surface area (Å²) in [5, 5.41) is 11.8. The number of nitrogens with one attached hydrogen (secondary N) is 1. The van der Waals surface area contributed by atoms with Crippen LogP contribution in [0.25, 0.3) is 0 Å². The molecule has 112 valence electrons. The fourth-order valence-corrected chi connectivity index (χ4v) is 2.69. The number of carboxylic acid groups (broad SMARTS) is 1. The van der Waals surface area contributed by atoms with Crippen molar-refractivity contribution in [3.05, 3.63) is 0 Å². The van der Waals surface area contributed by atoms with Crippen LogP contribution >= 0.6 is 0 Å². The first kappa shape index (κ1) is 14.6. The predicted molar refractivity (Wildman–Crippen MR) is 69.1 cm³/mol. The Bertz CT molecular complexity index is 419. The zero-order valence-corrected chi connectivity index (χ0v) is 11.6. The Balaban J connectivity index is 2.01. The second kappa shape index (κ2) is 5.68. The van der Waals surface area contributed by atoms with Crippen molar-refractivity contribution in [1.82, 2.24) is 10.2 Å². The van der Waals surface area contributed by atoms with E-state index in [4.69, 9.17) is 4.74 Å². The third-order valence-electron chi connectivity index (χ3n) is 4.04. The van der Waals surface area contributed by atoms with Gasteiger partial charge in [0.15, 0.2) is 0 Å². The van der Waals surface area contributed by atoms with E-state index in [9.17, 15) is 19.5 Å². The molecule has 1 aliphatic heterocycles. The SMILES string of the molecule is CCOC(=O)C1CCCN1C(=O)NC1(C(=O)O)CCC1. The molecule has 20 heavy (non-hydrogen) atoms. The number of urea groups is 1. The molecule has 2 N–H and O–H groups in total. The largest absolute Gasteiger partial charge is 0.480 e. The number of amides is 2. The number of carbonyl (C=O) groups excluding carboxylic acids is 2. The highest BCUT2D eigenvalue weighted by Crippen LogP contribution is 2.32. The summed E-state index contributed by atoms with van der Waals surface area (Å²) >= 11 is 0. The third kappa shape index (κ3) is 2.57. The maximum atomic E-state index is 12.2. The molecule has 0 aromatic rings. The van der Waals surface area contributed by atoms with E-state index < -0.39 is 29.6 Å². The lowest BCUT2D eigenvalue weighted by Gasteiger charge is -2.39. The van der Waals surface area contributed by atoms with Crippen molar-refractivity contribution in [2.24, 2.45) is 0 Å². The smallest absolute Gasteiger partial charge is 0.329 e. The van der Waals surface area contributed by atoms with E-state index in [1.54, 1.807) is 6.92 Å². The van der Waals surface area contributed by atoms with Gasteiger partial charge in [0.1, 0.15) is 11.6 Å². The zero-order chi connectivity index (χ0) is 14.8. The van der Waals surface area contributed by atoms with E-state index in [0.29, 0.717) is 25.8 Å². The number of carboxylic acids is 1. The maximum absolute atomic E-state index is 12.2. The summed E-state index contributed by atoms with van der Waals surface area (Å²) in [5.41, 5.74) is -1.15. The Morgan fingerprint density at radius 2 is 2.05 bits per heavy atom. The number of likely N-dealkylation sites (tertiary alicyclic amines) is 1. The van der Waals surface area contributed by atoms with Crippen LogP contribution in [-0.4, -0.2) is 52.7 Å². The van der Waals surface area contributed by atoms with Gasteiger partial charge in [-0.1, -0.05) is 0 Å². The van der Waals surface area contributed by atoms with Gasteiger partial charge >= 0.3 is 18.0 Å². The van der Waals surface area contributed by atoms with Crippen molar-refractivity contribution >= 4 is 18.0 Å². The zero-order valence-electron chi connectivity index (χ0n) is 11.6. The van der Waals surface area contributed by atoms with Crippen molar-refractivity contribution in [1.29, 1.82) is 0 Å². The Morgan fingerprint density at radius 1 is 1.35 bits per heavy atom. The molecule has 0 bridgehead atoms. The number of carbonyl (C=O) groups is 3. The fourth-order valence-electron chi connectivity index (χ4n) is 2.69. The molecule has 7 nitrogen and oxygen atoms in total. The van der Waals surface area contributed by atoms with Crippen LogP contribution in [0, 0.1) is 0 Å². The molecule has 0 aromatic heterocycles. The molecule has 1 atom stereocenters. The number of nitrogens with zero attached hydrogens (tertiary/aromatic N) is 1. The van der Waals surface area contributed by atoms with Gasteiger partial charge in [-0.05, 0) is 39.0 Å². The Kier molecular flexibility index (Phi) is 4.15. The van der Waals surface area contributed by atoms with Gasteiger partial charge in [0.25, 0.3) is 0 Å². The summed E-state index contributed by atoms with van der Waals surface area (Å²) in [4.78, 5) is 36.6. The molecule has 2 amide bonds. The van der Waals surface area contributed by atoms with Crippen LogP contribution in [0.1, 0.15) is 39.0 Å². The van der Waals surface area contributed by atoms with Gasteiger partial charge in [-0.3, -0.25) is 0 Å². The van der Waals surface area contributed by atoms with Crippen LogP contribution in [0.2, 0.25) is 0 Å². The fraction of sp³-hybridized carbons (Fsp3) is 0.769. The lowest BCUT2D eigenvalue weighted by Crippen LogP contribution is -2.62. The van der Waals surface area contributed by atoms with Crippen LogP contribution in [0.15, 0.2) is 0 Å². The van der Waals surface area contributed by atoms with E-state index in [1.165, 1.54) is 4.90 Å². The first-order chi connectivity index (χ1) is 9.50. The normalized spacial score (nSPS) is 23.9. The molecule has 2 rings (SSSR count). The number of hydrogen-bond acceptors (Lipinski definition) is 4. The van der Waals surface area contributed by atoms with Crippen LogP contribution in [0.4, 0.5) is 4.79 Å². The van der Waals surface area contributed by atoms with Crippen LogP contribution in [0.3, 0.4) is 0 Å². The average Bonchev–Trinajstić information content (AvgIpc) is 2.82. The summed E-state index contributed by atoms with van der Waals surface area (Å²) in [6.07, 6.45) is 2.94. The Labute approximate surface area is 117 Å². The molecule has 0 spiro atoms. The van der Waals surface area contributed by atoms with Gasteiger partial charge in [-0.15, -0.1) is 0 Å². The van der Waals surface area contributed by atoms with Gasteiger partial charge in [0, 0.05) is 6.54 Å². The monoisotopic (exact) mass is 284 g/mol. The molecule has 7 heteroatoms. The van der Waals surface area contributed by atoms with Crippen LogP contribution in [-0.2, 0) is 14.3 Å². The highest BCUT2D eigenvalue weighted by Gasteiger charge is 2.47. The highest BCUT2D eigenvalue weighted by molar-refractivity contribution is 5.89. The minimum atomic E-state index is -1.15. The van der Waals surface area contributed by atoms with Gasteiger partial charge in [0.05, 0.1) is 6.61 Å². The number of hydrogen-bond donors (Lipinski definition) is 2. The van der Waals surface area contributed by atoms with Crippen molar-refractivity contribution in [3.63, 3.8) is 0 Å². The second-order valence-corrected chi connectivity index (χ2v) is 5.27. The predicted octanol–water partition coefficient (Wildman–Crippen LogP) is 0.731. The van der Waals surface area contributed by atoms with Crippen molar-refractivity contribution in [2.75, 3.05) is 13.2 Å². The van der Waals surface area contributed by atoms with Crippen LogP contribution < -0.4 is 5.32 Å². The molecule has 0 radical (unpaired) electrons. The van der Waals surface area contributed by atoms with Gasteiger partial charge < -0.3 is 20.1 Å². The summed E-state index contributed by atoms with van der Waals surface area (Å²) in [6.45, 7) is 2.43. The first-order valence-electron chi connectivity index (χ1n) is 6.99. The van der Waals surface area contributed by atoms with Crippen molar-refractivity contribution in [2.45, 2.75) is 50.6 Å². The van der Waals surface area contributed by atoms with E-state index >= 15 is 0 Å². The summed E-state index contributed by atoms with van der Waals surface area (Å²) < 4.78 is 4.95. The summed E-state index contributed by atoms with van der Waals surface area (Å²) in [5.74, 6) is -1.43. The minimum Gasteiger partial charge on any atom is -0.480 e. The lowest BCUT2D eigenvalue weighted by molar-refractivity contribution is -0.148. The van der Waals surface area contributed by atoms with E-state index in [1.807, 2.05) is 0 Å². The molecule has 1 aliphatic carbocycles. The quantitative estimate of drug-likeness (QED) is 0.742. The molecule has 1 heterocycles. The average molecular weight is 284 g/mol. The summed E-state index contributed by atoms with van der Waals surface area (Å²) in [6, 6.07) is -1.08. The van der Waals surface area contributed by atoms with Crippen LogP contribution in [0.5, 0.6) is 0 Å². The first-order valence-corrected chi connectivity index (χ1v) is 6.99. The molecule has 0 aromatic carbocycles.